The molecule has 1 aliphatic rings. The second kappa shape index (κ2) is 4.63. The fourth-order valence-electron chi connectivity index (χ4n) is 1.94. The van der Waals surface area contributed by atoms with Crippen LogP contribution < -0.4 is 10.6 Å². The maximum atomic E-state index is 12.2. The first-order valence-corrected chi connectivity index (χ1v) is 6.55. The van der Waals surface area contributed by atoms with Gasteiger partial charge in [-0.05, 0) is 42.5 Å². The third-order valence-electron chi connectivity index (χ3n) is 3.72. The molecule has 98 valence electrons. The van der Waals surface area contributed by atoms with E-state index in [4.69, 9.17) is 0 Å². The van der Waals surface area contributed by atoms with Gasteiger partial charge < -0.3 is 10.6 Å². The maximum Gasteiger partial charge on any atom is 0.251 e. The van der Waals surface area contributed by atoms with E-state index < -0.39 is 0 Å². The van der Waals surface area contributed by atoms with Gasteiger partial charge in [-0.15, -0.1) is 0 Å². The van der Waals surface area contributed by atoms with Crippen molar-refractivity contribution in [1.82, 2.24) is 5.32 Å². The van der Waals surface area contributed by atoms with Crippen LogP contribution >= 0.6 is 0 Å². The number of hydrogen-bond acceptors (Lipinski definition) is 2. The Morgan fingerprint density at radius 1 is 1.39 bits per heavy atom. The van der Waals surface area contributed by atoms with Gasteiger partial charge in [0.25, 0.3) is 5.91 Å². The molecule has 0 spiro atoms. The van der Waals surface area contributed by atoms with E-state index in [-0.39, 0.29) is 17.4 Å². The zero-order valence-electron chi connectivity index (χ0n) is 11.6. The zero-order chi connectivity index (χ0) is 13.3. The molecule has 0 fully saturated rings. The number of rotatable bonds is 2. The molecule has 0 saturated carbocycles. The molecule has 18 heavy (non-hydrogen) atoms. The Hall–Kier alpha value is -1.51. The molecule has 1 amide bonds. The van der Waals surface area contributed by atoms with Crippen molar-refractivity contribution in [3.8, 4) is 0 Å². The first-order valence-electron chi connectivity index (χ1n) is 6.55. The molecule has 1 atom stereocenters. The van der Waals surface area contributed by atoms with Crippen molar-refractivity contribution < 1.29 is 4.79 Å². The predicted octanol–water partition coefficient (Wildman–Crippen LogP) is 2.82. The molecular weight excluding hydrogens is 224 g/mol. The lowest BCUT2D eigenvalue weighted by molar-refractivity contribution is 0.0910. The Kier molecular flexibility index (Phi) is 3.33. The van der Waals surface area contributed by atoms with Gasteiger partial charge in [0, 0.05) is 23.8 Å². The fraction of sp³-hybridized carbons (Fsp3) is 0.533. The Bertz CT molecular complexity index is 460. The second-order valence-electron chi connectivity index (χ2n) is 6.11. The minimum atomic E-state index is 0.0205. The lowest BCUT2D eigenvalue weighted by Gasteiger charge is -2.28. The third-order valence-corrected chi connectivity index (χ3v) is 3.72. The summed E-state index contributed by atoms with van der Waals surface area (Å²) in [6.45, 7) is 9.41. The lowest BCUT2D eigenvalue weighted by Crippen LogP contribution is -2.41. The van der Waals surface area contributed by atoms with Crippen LogP contribution in [0.4, 0.5) is 5.69 Å². The van der Waals surface area contributed by atoms with E-state index >= 15 is 0 Å². The maximum absolute atomic E-state index is 12.2. The summed E-state index contributed by atoms with van der Waals surface area (Å²) >= 11 is 0. The summed E-state index contributed by atoms with van der Waals surface area (Å²) < 4.78 is 0. The van der Waals surface area contributed by atoms with E-state index in [9.17, 15) is 4.79 Å². The number of carbonyl (C=O) groups is 1. The quantitative estimate of drug-likeness (QED) is 0.842. The average Bonchev–Trinajstić information content (AvgIpc) is 2.74. The van der Waals surface area contributed by atoms with E-state index in [0.717, 1.165) is 24.2 Å². The summed E-state index contributed by atoms with van der Waals surface area (Å²) in [4.78, 5) is 12.2. The van der Waals surface area contributed by atoms with Crippen molar-refractivity contribution in [2.75, 3.05) is 11.9 Å². The Balaban J connectivity index is 2.10. The van der Waals surface area contributed by atoms with Gasteiger partial charge in [0.05, 0.1) is 0 Å². The van der Waals surface area contributed by atoms with Crippen molar-refractivity contribution >= 4 is 11.6 Å². The normalized spacial score (nSPS) is 15.8. The molecule has 1 aliphatic heterocycles. The van der Waals surface area contributed by atoms with Gasteiger partial charge in [-0.25, -0.2) is 0 Å². The summed E-state index contributed by atoms with van der Waals surface area (Å²) in [5.41, 5.74) is 3.24. The molecule has 0 aromatic heterocycles. The topological polar surface area (TPSA) is 41.1 Å². The highest BCUT2D eigenvalue weighted by atomic mass is 16.1. The van der Waals surface area contributed by atoms with Gasteiger partial charge in [0.2, 0.25) is 0 Å². The van der Waals surface area contributed by atoms with Crippen molar-refractivity contribution in [2.45, 2.75) is 40.2 Å². The summed E-state index contributed by atoms with van der Waals surface area (Å²) in [6, 6.07) is 6.04. The summed E-state index contributed by atoms with van der Waals surface area (Å²) in [6.07, 6.45) is 1.01. The summed E-state index contributed by atoms with van der Waals surface area (Å²) in [7, 11) is 0. The highest BCUT2D eigenvalue weighted by molar-refractivity contribution is 5.95. The molecule has 0 saturated heterocycles. The van der Waals surface area contributed by atoms with Gasteiger partial charge in [-0.3, -0.25) is 4.79 Å². The zero-order valence-corrected chi connectivity index (χ0v) is 11.6. The molecule has 3 nitrogen and oxygen atoms in total. The molecule has 0 aliphatic carbocycles. The molecular formula is C15H22N2O. The minimum absolute atomic E-state index is 0.0205. The van der Waals surface area contributed by atoms with E-state index in [1.54, 1.807) is 0 Å². The molecule has 1 heterocycles. The number of fused-ring (bicyclic) bond motifs is 1. The van der Waals surface area contributed by atoms with Crippen LogP contribution in [0.25, 0.3) is 0 Å². The Morgan fingerprint density at radius 2 is 2.11 bits per heavy atom. The Morgan fingerprint density at radius 3 is 2.78 bits per heavy atom. The van der Waals surface area contributed by atoms with Crippen LogP contribution in [-0.2, 0) is 6.42 Å². The van der Waals surface area contributed by atoms with Gasteiger partial charge in [-0.2, -0.15) is 0 Å². The largest absolute Gasteiger partial charge is 0.384 e. The summed E-state index contributed by atoms with van der Waals surface area (Å²) in [5.74, 6) is 0.0205. The van der Waals surface area contributed by atoms with E-state index in [0.29, 0.717) is 0 Å². The molecule has 1 unspecified atom stereocenters. The number of amides is 1. The highest BCUT2D eigenvalue weighted by Crippen LogP contribution is 2.24. The van der Waals surface area contributed by atoms with Crippen molar-refractivity contribution in [3.63, 3.8) is 0 Å². The van der Waals surface area contributed by atoms with Crippen LogP contribution in [-0.4, -0.2) is 18.5 Å². The van der Waals surface area contributed by atoms with Crippen LogP contribution in [0.15, 0.2) is 18.2 Å². The first-order chi connectivity index (χ1) is 8.38. The third kappa shape index (κ3) is 2.66. The second-order valence-corrected chi connectivity index (χ2v) is 6.11. The smallest absolute Gasteiger partial charge is 0.251 e. The van der Waals surface area contributed by atoms with Crippen LogP contribution in [0.2, 0.25) is 0 Å². The van der Waals surface area contributed by atoms with Crippen LogP contribution in [0.3, 0.4) is 0 Å². The molecule has 1 aromatic rings. The van der Waals surface area contributed by atoms with E-state index in [1.807, 2.05) is 25.1 Å². The average molecular weight is 246 g/mol. The van der Waals surface area contributed by atoms with Crippen molar-refractivity contribution in [3.05, 3.63) is 29.3 Å². The van der Waals surface area contributed by atoms with Crippen molar-refractivity contribution in [1.29, 1.82) is 0 Å². The van der Waals surface area contributed by atoms with Gasteiger partial charge in [-0.1, -0.05) is 20.8 Å². The monoisotopic (exact) mass is 246 g/mol. The first kappa shape index (κ1) is 12.9. The van der Waals surface area contributed by atoms with Crippen LogP contribution in [0.1, 0.15) is 43.6 Å². The fourth-order valence-corrected chi connectivity index (χ4v) is 1.94. The molecule has 2 rings (SSSR count). The Labute approximate surface area is 109 Å². The van der Waals surface area contributed by atoms with Crippen molar-refractivity contribution in [2.24, 2.45) is 5.41 Å². The molecule has 3 heteroatoms. The van der Waals surface area contributed by atoms with Gasteiger partial charge >= 0.3 is 0 Å². The van der Waals surface area contributed by atoms with E-state index in [2.05, 4.69) is 31.4 Å². The standard InChI is InChI=1S/C15H22N2O/c1-10(15(2,3)4)17-14(18)12-5-6-13-11(9-12)7-8-16-13/h5-6,9-10,16H,7-8H2,1-4H3,(H,17,18). The van der Waals surface area contributed by atoms with Crippen LogP contribution in [0.5, 0.6) is 0 Å². The molecule has 2 N–H and O–H groups in total. The number of carbonyl (C=O) groups excluding carboxylic acids is 1. The van der Waals surface area contributed by atoms with Gasteiger partial charge in [0.15, 0.2) is 0 Å². The van der Waals surface area contributed by atoms with Gasteiger partial charge in [0.1, 0.15) is 0 Å². The molecule has 1 aromatic carbocycles. The lowest BCUT2D eigenvalue weighted by atomic mass is 9.88. The number of nitrogens with one attached hydrogen (secondary N) is 2. The molecule has 0 bridgehead atoms. The minimum Gasteiger partial charge on any atom is -0.384 e. The summed E-state index contributed by atoms with van der Waals surface area (Å²) in [5, 5.41) is 6.37. The number of benzene rings is 1. The number of hydrogen-bond donors (Lipinski definition) is 2. The van der Waals surface area contributed by atoms with Crippen LogP contribution in [0, 0.1) is 5.41 Å². The SMILES string of the molecule is CC(NC(=O)c1ccc2c(c1)CCN2)C(C)(C)C. The number of anilines is 1. The highest BCUT2D eigenvalue weighted by Gasteiger charge is 2.22. The predicted molar refractivity (Wildman–Crippen MR) is 75.0 cm³/mol. The van der Waals surface area contributed by atoms with E-state index in [1.165, 1.54) is 5.56 Å². The molecule has 0 radical (unpaired) electrons.